The Balaban J connectivity index is 1.73. The van der Waals surface area contributed by atoms with E-state index < -0.39 is 29.7 Å². The zero-order valence-electron chi connectivity index (χ0n) is 17.0. The van der Waals surface area contributed by atoms with Gasteiger partial charge < -0.3 is 15.7 Å². The first-order valence-corrected chi connectivity index (χ1v) is 10.1. The molecule has 2 unspecified atom stereocenters. The van der Waals surface area contributed by atoms with Crippen molar-refractivity contribution < 1.29 is 19.1 Å². The molecule has 3 N–H and O–H groups in total. The second kappa shape index (κ2) is 11.0. The van der Waals surface area contributed by atoms with Crippen molar-refractivity contribution in [3.05, 3.63) is 107 Å². The van der Waals surface area contributed by atoms with Crippen molar-refractivity contribution in [3.8, 4) is 0 Å². The third kappa shape index (κ3) is 6.76. The Morgan fingerprint density at radius 3 is 1.87 bits per heavy atom. The highest BCUT2D eigenvalue weighted by Crippen LogP contribution is 2.08. The van der Waals surface area contributed by atoms with Gasteiger partial charge in [-0.15, -0.1) is 0 Å². The fourth-order valence-electron chi connectivity index (χ4n) is 3.26. The van der Waals surface area contributed by atoms with E-state index in [1.165, 1.54) is 24.3 Å². The quantitative estimate of drug-likeness (QED) is 0.498. The highest BCUT2D eigenvalue weighted by atomic mass is 19.1. The summed E-state index contributed by atoms with van der Waals surface area (Å²) in [4.78, 5) is 25.7. The summed E-state index contributed by atoms with van der Waals surface area (Å²) in [5, 5.41) is 15.3. The molecule has 0 bridgehead atoms. The summed E-state index contributed by atoms with van der Waals surface area (Å²) < 4.78 is 13.2. The molecule has 160 valence electrons. The number of amides is 2. The second-order valence-corrected chi connectivity index (χ2v) is 7.30. The van der Waals surface area contributed by atoms with E-state index in [0.717, 1.165) is 11.1 Å². The van der Waals surface area contributed by atoms with Gasteiger partial charge >= 0.3 is 0 Å². The molecule has 3 aromatic rings. The van der Waals surface area contributed by atoms with Crippen LogP contribution in [0.5, 0.6) is 0 Å². The molecule has 2 atom stereocenters. The van der Waals surface area contributed by atoms with E-state index >= 15 is 0 Å². The monoisotopic (exact) mass is 420 g/mol. The number of benzene rings is 3. The zero-order chi connectivity index (χ0) is 22.1. The van der Waals surface area contributed by atoms with Crippen LogP contribution in [0.1, 0.15) is 21.5 Å². The van der Waals surface area contributed by atoms with Crippen LogP contribution in [0, 0.1) is 5.82 Å². The van der Waals surface area contributed by atoms with E-state index in [1.54, 1.807) is 0 Å². The first kappa shape index (κ1) is 22.2. The number of rotatable bonds is 9. The van der Waals surface area contributed by atoms with E-state index in [2.05, 4.69) is 10.6 Å². The van der Waals surface area contributed by atoms with Crippen molar-refractivity contribution >= 4 is 11.8 Å². The van der Waals surface area contributed by atoms with Gasteiger partial charge in [-0.05, 0) is 41.8 Å². The highest BCUT2D eigenvalue weighted by Gasteiger charge is 2.24. The van der Waals surface area contributed by atoms with E-state index in [4.69, 9.17) is 0 Å². The number of hydrogen-bond donors (Lipinski definition) is 3. The van der Waals surface area contributed by atoms with Crippen molar-refractivity contribution in [1.29, 1.82) is 0 Å². The number of aliphatic hydroxyl groups excluding tert-OH is 1. The molecule has 0 aromatic heterocycles. The van der Waals surface area contributed by atoms with Crippen LogP contribution < -0.4 is 10.6 Å². The molecule has 0 fully saturated rings. The summed E-state index contributed by atoms with van der Waals surface area (Å²) in [6.07, 6.45) is 0.746. The van der Waals surface area contributed by atoms with Crippen LogP contribution in [0.2, 0.25) is 0 Å². The van der Waals surface area contributed by atoms with E-state index in [1.807, 2.05) is 60.7 Å². The Morgan fingerprint density at radius 2 is 1.32 bits per heavy atom. The lowest BCUT2D eigenvalue weighted by Gasteiger charge is -2.23. The summed E-state index contributed by atoms with van der Waals surface area (Å²) in [6.45, 7) is -0.232. The summed E-state index contributed by atoms with van der Waals surface area (Å²) in [5.74, 6) is -1.31. The predicted octanol–water partition coefficient (Wildman–Crippen LogP) is 2.89. The van der Waals surface area contributed by atoms with Crippen molar-refractivity contribution in [2.45, 2.75) is 24.9 Å². The van der Waals surface area contributed by atoms with Gasteiger partial charge in [-0.25, -0.2) is 4.39 Å². The fourth-order valence-corrected chi connectivity index (χ4v) is 3.26. The number of nitrogens with one attached hydrogen (secondary N) is 2. The maximum absolute atomic E-state index is 13.2. The molecule has 31 heavy (non-hydrogen) atoms. The standard InChI is InChI=1S/C25H25FN2O3/c26-21-13-11-20(12-14-21)24(30)28-23(16-19-9-5-2-6-10-19)25(31)27-22(17-29)15-18-7-3-1-4-8-18/h1-14,22-23,29H,15-17H2,(H,27,31)(H,28,30). The number of carbonyl (C=O) groups excluding carboxylic acids is 2. The Bertz CT molecular complexity index is 979. The van der Waals surface area contributed by atoms with E-state index in [0.29, 0.717) is 6.42 Å². The number of halogens is 1. The fraction of sp³-hybridized carbons (Fsp3) is 0.200. The molecule has 0 spiro atoms. The maximum Gasteiger partial charge on any atom is 0.251 e. The van der Waals surface area contributed by atoms with Crippen LogP contribution in [0.3, 0.4) is 0 Å². The number of carbonyl (C=O) groups is 2. The molecule has 2 amide bonds. The Morgan fingerprint density at radius 1 is 0.774 bits per heavy atom. The van der Waals surface area contributed by atoms with Gasteiger partial charge in [-0.2, -0.15) is 0 Å². The van der Waals surface area contributed by atoms with Crippen LogP contribution in [0.15, 0.2) is 84.9 Å². The van der Waals surface area contributed by atoms with Crippen LogP contribution in [-0.4, -0.2) is 35.6 Å². The Labute approximate surface area is 180 Å². The smallest absolute Gasteiger partial charge is 0.251 e. The van der Waals surface area contributed by atoms with Crippen LogP contribution in [0.4, 0.5) is 4.39 Å². The molecule has 5 nitrogen and oxygen atoms in total. The lowest BCUT2D eigenvalue weighted by Crippen LogP contribution is -2.52. The summed E-state index contributed by atoms with van der Waals surface area (Å²) in [6, 6.07) is 22.7. The van der Waals surface area contributed by atoms with Crippen molar-refractivity contribution in [3.63, 3.8) is 0 Å². The van der Waals surface area contributed by atoms with E-state index in [-0.39, 0.29) is 18.6 Å². The van der Waals surface area contributed by atoms with Gasteiger partial charge in [-0.1, -0.05) is 60.7 Å². The van der Waals surface area contributed by atoms with Crippen LogP contribution >= 0.6 is 0 Å². The maximum atomic E-state index is 13.2. The molecule has 3 rings (SSSR count). The third-order valence-electron chi connectivity index (χ3n) is 4.90. The predicted molar refractivity (Wildman–Crippen MR) is 117 cm³/mol. The highest BCUT2D eigenvalue weighted by molar-refractivity contribution is 5.97. The van der Waals surface area contributed by atoms with Gasteiger partial charge in [0.25, 0.3) is 5.91 Å². The molecule has 0 heterocycles. The first-order valence-electron chi connectivity index (χ1n) is 10.1. The molecular formula is C25H25FN2O3. The molecule has 0 aliphatic rings. The van der Waals surface area contributed by atoms with Gasteiger partial charge in [-0.3, -0.25) is 9.59 Å². The molecule has 0 saturated carbocycles. The molecule has 0 aliphatic carbocycles. The van der Waals surface area contributed by atoms with Crippen molar-refractivity contribution in [2.24, 2.45) is 0 Å². The molecule has 6 heteroatoms. The van der Waals surface area contributed by atoms with Gasteiger partial charge in [0.05, 0.1) is 12.6 Å². The number of hydrogen-bond acceptors (Lipinski definition) is 3. The minimum Gasteiger partial charge on any atom is -0.394 e. The summed E-state index contributed by atoms with van der Waals surface area (Å²) in [5.41, 5.74) is 2.12. The Kier molecular flexibility index (Phi) is 7.90. The van der Waals surface area contributed by atoms with Gasteiger partial charge in [0.2, 0.25) is 5.91 Å². The lowest BCUT2D eigenvalue weighted by atomic mass is 10.0. The van der Waals surface area contributed by atoms with E-state index in [9.17, 15) is 19.1 Å². The van der Waals surface area contributed by atoms with Crippen LogP contribution in [0.25, 0.3) is 0 Å². The first-order chi connectivity index (χ1) is 15.0. The minimum absolute atomic E-state index is 0.232. The Hall–Kier alpha value is -3.51. The topological polar surface area (TPSA) is 78.4 Å². The minimum atomic E-state index is -0.857. The second-order valence-electron chi connectivity index (χ2n) is 7.30. The summed E-state index contributed by atoms with van der Waals surface area (Å²) in [7, 11) is 0. The van der Waals surface area contributed by atoms with Gasteiger partial charge in [0, 0.05) is 12.0 Å². The molecule has 0 saturated heterocycles. The average molecular weight is 420 g/mol. The zero-order valence-corrected chi connectivity index (χ0v) is 17.0. The molecule has 0 radical (unpaired) electrons. The van der Waals surface area contributed by atoms with Gasteiger partial charge in [0.15, 0.2) is 0 Å². The molecule has 0 aliphatic heterocycles. The van der Waals surface area contributed by atoms with Crippen molar-refractivity contribution in [2.75, 3.05) is 6.61 Å². The van der Waals surface area contributed by atoms with Crippen molar-refractivity contribution in [1.82, 2.24) is 10.6 Å². The largest absolute Gasteiger partial charge is 0.394 e. The number of aliphatic hydroxyl groups is 1. The normalized spacial score (nSPS) is 12.6. The summed E-state index contributed by atoms with van der Waals surface area (Å²) >= 11 is 0. The van der Waals surface area contributed by atoms with Crippen LogP contribution in [-0.2, 0) is 17.6 Å². The average Bonchev–Trinajstić information content (AvgIpc) is 2.80. The van der Waals surface area contributed by atoms with Gasteiger partial charge in [0.1, 0.15) is 11.9 Å². The SMILES string of the molecule is O=C(NC(Cc1ccccc1)C(=O)NC(CO)Cc1ccccc1)c1ccc(F)cc1. The third-order valence-corrected chi connectivity index (χ3v) is 4.90. The lowest BCUT2D eigenvalue weighted by molar-refractivity contribution is -0.124. The molecular weight excluding hydrogens is 395 g/mol. The molecule has 3 aromatic carbocycles.